The highest BCUT2D eigenvalue weighted by Gasteiger charge is 2.29. The molecule has 16 N–H and O–H groups in total. The van der Waals surface area contributed by atoms with Crippen LogP contribution in [-0.2, 0) is 4.74 Å². The highest BCUT2D eigenvalue weighted by molar-refractivity contribution is 6.31. The third-order valence-electron chi connectivity index (χ3n) is 21.9. The topological polar surface area (TPSA) is 423 Å². The number of anilines is 9. The van der Waals surface area contributed by atoms with Gasteiger partial charge in [0.05, 0.1) is 74.3 Å². The molecule has 10 aromatic carbocycles. The molecule has 135 heavy (non-hydrogen) atoms. The summed E-state index contributed by atoms with van der Waals surface area (Å²) in [7, 11) is 0. The van der Waals surface area contributed by atoms with E-state index in [1.807, 2.05) is 164 Å². The first-order valence-electron chi connectivity index (χ1n) is 41.8. The van der Waals surface area contributed by atoms with Crippen LogP contribution in [0.15, 0.2) is 304 Å². The van der Waals surface area contributed by atoms with Gasteiger partial charge in [0, 0.05) is 137 Å². The van der Waals surface area contributed by atoms with Crippen LogP contribution in [0.4, 0.5) is 74.6 Å². The lowest BCUT2D eigenvalue weighted by Crippen LogP contribution is -2.36. The number of aryl methyl sites for hydroxylation is 1. The van der Waals surface area contributed by atoms with Gasteiger partial charge >= 0.3 is 6.18 Å². The van der Waals surface area contributed by atoms with Gasteiger partial charge in [0.25, 0.3) is 0 Å². The van der Waals surface area contributed by atoms with Crippen LogP contribution in [0.3, 0.4) is 0 Å². The minimum Gasteiger partial charge on any atom is -0.484 e. The summed E-state index contributed by atoms with van der Waals surface area (Å²) in [5, 5.41) is 4.51. The molecule has 0 spiro atoms. The van der Waals surface area contributed by atoms with Gasteiger partial charge in [-0.1, -0.05) is 120 Å². The van der Waals surface area contributed by atoms with E-state index in [9.17, 15) is 22.0 Å². The number of nitrogens with two attached hydrogens (primary N) is 8. The summed E-state index contributed by atoms with van der Waals surface area (Å²) in [6, 6.07) is 80.1. The Morgan fingerprint density at radius 3 is 1.12 bits per heavy atom. The number of rotatable bonds is 13. The van der Waals surface area contributed by atoms with Crippen molar-refractivity contribution in [1.29, 1.82) is 0 Å². The van der Waals surface area contributed by atoms with Gasteiger partial charge in [0.1, 0.15) is 59.1 Å². The van der Waals surface area contributed by atoms with Gasteiger partial charge in [-0.25, -0.2) is 43.7 Å². The maximum Gasteiger partial charge on any atom is 0.422 e. The van der Waals surface area contributed by atoms with Gasteiger partial charge in [-0.2, -0.15) is 28.1 Å². The zero-order chi connectivity index (χ0) is 94.0. The van der Waals surface area contributed by atoms with E-state index in [4.69, 9.17) is 83.5 Å². The molecule has 20 aromatic rings. The van der Waals surface area contributed by atoms with E-state index in [1.165, 1.54) is 42.6 Å². The van der Waals surface area contributed by atoms with Gasteiger partial charge in [0.2, 0.25) is 17.8 Å². The Bertz CT molecular complexity index is 7680. The molecule has 668 valence electrons. The highest BCUT2D eigenvalue weighted by Crippen LogP contribution is 2.42. The van der Waals surface area contributed by atoms with Crippen LogP contribution in [0, 0.1) is 18.6 Å². The number of morpholine rings is 1. The molecule has 0 bridgehead atoms. The number of halogens is 7. The van der Waals surface area contributed by atoms with Crippen LogP contribution in [-0.4, -0.2) is 114 Å². The second-order valence-corrected chi connectivity index (χ2v) is 31.6. The van der Waals surface area contributed by atoms with Crippen molar-refractivity contribution >= 4 is 130 Å². The number of ether oxygens (including phenoxy) is 2. The number of aromatic nitrogens is 15. The smallest absolute Gasteiger partial charge is 0.422 e. The maximum absolute atomic E-state index is 13.6. The third-order valence-corrected chi connectivity index (χ3v) is 22.4. The van der Waals surface area contributed by atoms with Crippen LogP contribution >= 0.6 is 23.2 Å². The number of fused-ring (bicyclic) bond motifs is 5. The fourth-order valence-electron chi connectivity index (χ4n) is 15.5. The fourth-order valence-corrected chi connectivity index (χ4v) is 15.9. The van der Waals surface area contributed by atoms with E-state index in [-0.39, 0.29) is 34.4 Å². The number of hydrogen-bond donors (Lipinski definition) is 8. The zero-order valence-electron chi connectivity index (χ0n) is 71.6. The van der Waals surface area contributed by atoms with Crippen molar-refractivity contribution in [3.05, 3.63) is 332 Å². The van der Waals surface area contributed by atoms with E-state index in [2.05, 4.69) is 111 Å². The lowest BCUT2D eigenvalue weighted by Gasteiger charge is -2.29. The maximum atomic E-state index is 13.6. The lowest BCUT2D eigenvalue weighted by molar-refractivity contribution is -0.153. The zero-order valence-corrected chi connectivity index (χ0v) is 73.2. The second-order valence-electron chi connectivity index (χ2n) is 30.8. The summed E-state index contributed by atoms with van der Waals surface area (Å²) in [5.74, 6) is 1.71. The molecule has 0 atom stereocenters. The first-order chi connectivity index (χ1) is 65.4. The molecule has 0 unspecified atom stereocenters. The van der Waals surface area contributed by atoms with Crippen LogP contribution in [0.2, 0.25) is 10.0 Å². The molecule has 10 aromatic heterocycles. The average Bonchev–Trinajstić information content (AvgIpc) is 0.798. The van der Waals surface area contributed by atoms with Crippen molar-refractivity contribution in [2.75, 3.05) is 83.7 Å². The number of benzene rings is 10. The molecule has 0 amide bonds. The van der Waals surface area contributed by atoms with Gasteiger partial charge in [0.15, 0.2) is 6.61 Å². The summed E-state index contributed by atoms with van der Waals surface area (Å²) < 4.78 is 74.8. The van der Waals surface area contributed by atoms with E-state index in [0.717, 1.165) is 143 Å². The molecule has 1 aliphatic rings. The van der Waals surface area contributed by atoms with Gasteiger partial charge < -0.3 is 60.2 Å². The van der Waals surface area contributed by atoms with Crippen LogP contribution in [0.1, 0.15) is 5.56 Å². The molecule has 33 heteroatoms. The lowest BCUT2D eigenvalue weighted by atomic mass is 9.97. The minimum absolute atomic E-state index is 0.0471. The Morgan fingerprint density at radius 2 is 0.704 bits per heavy atom. The van der Waals surface area contributed by atoms with Gasteiger partial charge in [-0.3, -0.25) is 24.9 Å². The highest BCUT2D eigenvalue weighted by atomic mass is 35.5. The Balaban J connectivity index is 0.000000117. The Labute approximate surface area is 778 Å². The number of alkyl halides is 3. The summed E-state index contributed by atoms with van der Waals surface area (Å²) in [5.41, 5.74) is 69.6. The van der Waals surface area contributed by atoms with Gasteiger partial charge in [-0.05, 0) is 204 Å². The van der Waals surface area contributed by atoms with Crippen molar-refractivity contribution < 1.29 is 31.4 Å². The second kappa shape index (κ2) is 39.7. The number of nitrogens with zero attached hydrogens (tertiary/aromatic N) is 16. The number of nitrogen functional groups attached to an aromatic ring is 8. The van der Waals surface area contributed by atoms with Crippen molar-refractivity contribution in [3.8, 4) is 118 Å². The first kappa shape index (κ1) is 89.8. The largest absolute Gasteiger partial charge is 0.484 e. The number of hydrogen-bond acceptors (Lipinski definition) is 26. The molecule has 0 radical (unpaired) electrons. The van der Waals surface area contributed by atoms with Crippen LogP contribution < -0.4 is 55.5 Å². The molecule has 0 aliphatic carbocycles. The molecule has 26 nitrogen and oxygen atoms in total. The van der Waals surface area contributed by atoms with Gasteiger partial charge in [-0.15, -0.1) is 0 Å². The monoisotopic (exact) mass is 1840 g/mol. The van der Waals surface area contributed by atoms with E-state index < -0.39 is 18.6 Å². The molecule has 21 rings (SSSR count). The summed E-state index contributed by atoms with van der Waals surface area (Å²) in [6.07, 6.45) is 7.10. The van der Waals surface area contributed by atoms with Crippen molar-refractivity contribution in [1.82, 2.24) is 74.8 Å². The average molecular weight is 1840 g/mol. The van der Waals surface area contributed by atoms with Crippen molar-refractivity contribution in [2.45, 2.75) is 13.1 Å². The molecule has 1 fully saturated rings. The number of pyridine rings is 5. The fraction of sp³-hybridized carbons (Fsp3) is 0.0686. The van der Waals surface area contributed by atoms with Crippen molar-refractivity contribution in [2.24, 2.45) is 0 Å². The molecular weight excluding hydrogens is 1760 g/mol. The standard InChI is InChI=1S/C23H21N5O.C21H15F3N4O.C20H16FN5.C19H13ClFN5.C19H14ClN5/c24-23-20-14-16(6-7-21(20)26-15-27-23)19-5-2-8-25-22(19)17-3-1-4-18(13-17)28-9-11-29-12-10-28;22-21(23,24)11-29-15-4-1-3-14(9-15)19-16(5-2-8-26-19)13-6-7-18-17(10-13)20(25)28-12-27-18;1-11-9-13(5-7-16(11)21)18-14(3-2-8-24-18)12-4-6-15-17(10-12)25-20(23)26-19(15)22;20-14-8-11(4-6-15(14)21)17-12(2-1-7-24-17)10-3-5-13-16(9-10)25-19(23)26-18(13)22;20-13-4-1-3-12(9-13)17-14(5-2-8-23-17)11-6-7-15-16(10-11)24-19(22)25-18(15)21/h1-8,13-15H,9-12H2,(H2,24,26,27);1-10,12H,11H2,(H2,25,27,28);2-10H,1H3,(H4,22,23,25,26);1-9H,(H4,22,23,25,26);1-10H,(H4,21,22,24,25). The van der Waals surface area contributed by atoms with Crippen LogP contribution in [0.25, 0.3) is 166 Å². The van der Waals surface area contributed by atoms with E-state index >= 15 is 0 Å². The molecule has 11 heterocycles. The van der Waals surface area contributed by atoms with E-state index in [0.29, 0.717) is 89.6 Å². The quantitative estimate of drug-likeness (QED) is 0.0497. The summed E-state index contributed by atoms with van der Waals surface area (Å²) >= 11 is 12.1. The Morgan fingerprint density at radius 1 is 0.333 bits per heavy atom. The Kier molecular flexibility index (Phi) is 26.4. The summed E-state index contributed by atoms with van der Waals surface area (Å²) in [4.78, 5) is 66.4. The molecule has 1 saturated heterocycles. The normalized spacial score (nSPS) is 11.8. The van der Waals surface area contributed by atoms with Crippen LogP contribution in [0.5, 0.6) is 5.75 Å². The SMILES string of the molecule is Cc1cc(-c2ncccc2-c2ccc3c(N)nc(N)nc3c2)ccc1F.Nc1nc(N)c2ccc(-c3cccnc3-c3ccc(F)c(Cl)c3)cc2n1.Nc1nc(N)c2ccc(-c3cccnc3-c3cccc(Cl)c3)cc2n1.Nc1ncnc2ccc(-c3cccnc3-c3cccc(N4CCOCC4)c3)cc12.Nc1ncnc2ccc(-c3cccnc3-c3cccc(OCC(F)(F)F)c3)cc12. The molecular formula is C102H79Cl2F5N24O2. The molecule has 1 aliphatic heterocycles. The predicted octanol–water partition coefficient (Wildman–Crippen LogP) is 21.1. The van der Waals surface area contributed by atoms with Crippen molar-refractivity contribution in [3.63, 3.8) is 0 Å². The minimum atomic E-state index is -4.40. The first-order valence-corrected chi connectivity index (χ1v) is 42.6. The Hall–Kier alpha value is -17.2. The third kappa shape index (κ3) is 20.7. The molecule has 0 saturated carbocycles. The van der Waals surface area contributed by atoms with E-state index in [1.54, 1.807) is 74.2 Å². The summed E-state index contributed by atoms with van der Waals surface area (Å²) in [6.45, 7) is 3.72. The predicted molar refractivity (Wildman–Crippen MR) is 526 cm³/mol.